The Labute approximate surface area is 139 Å². The summed E-state index contributed by atoms with van der Waals surface area (Å²) < 4.78 is 0. The number of hydrogen-bond acceptors (Lipinski definition) is 3. The van der Waals surface area contributed by atoms with Gasteiger partial charge in [-0.3, -0.25) is 14.9 Å². The van der Waals surface area contributed by atoms with Crippen LogP contribution >= 0.6 is 0 Å². The number of nitrogens with one attached hydrogen (secondary N) is 3. The molecule has 6 nitrogen and oxygen atoms in total. The number of hydrogen-bond donors (Lipinski definition) is 3. The molecule has 1 unspecified atom stereocenters. The van der Waals surface area contributed by atoms with E-state index in [1.807, 2.05) is 43.3 Å². The second-order valence-electron chi connectivity index (χ2n) is 5.66. The van der Waals surface area contributed by atoms with Crippen molar-refractivity contribution in [2.45, 2.75) is 19.9 Å². The van der Waals surface area contributed by atoms with Gasteiger partial charge >= 0.3 is 0 Å². The summed E-state index contributed by atoms with van der Waals surface area (Å²) in [5.74, 6) is -0.265. The number of anilines is 1. The molecule has 24 heavy (non-hydrogen) atoms. The number of imidazole rings is 1. The molecule has 0 radical (unpaired) electrons. The van der Waals surface area contributed by atoms with Crippen LogP contribution in [0, 0.1) is 6.92 Å². The molecular weight excluding hydrogens is 304 g/mol. The zero-order valence-electron chi connectivity index (χ0n) is 13.5. The summed E-state index contributed by atoms with van der Waals surface area (Å²) in [6.07, 6.45) is 0. The van der Waals surface area contributed by atoms with Gasteiger partial charge in [0, 0.05) is 5.56 Å². The van der Waals surface area contributed by atoms with Gasteiger partial charge in [-0.15, -0.1) is 0 Å². The van der Waals surface area contributed by atoms with E-state index in [-0.39, 0.29) is 11.8 Å². The Morgan fingerprint density at radius 2 is 1.92 bits per heavy atom. The number of aromatic amines is 1. The maximum Gasteiger partial charge on any atom is 0.251 e. The number of benzene rings is 2. The topological polar surface area (TPSA) is 86.9 Å². The quantitative estimate of drug-likeness (QED) is 0.690. The molecule has 3 aromatic rings. The van der Waals surface area contributed by atoms with E-state index in [9.17, 15) is 9.59 Å². The summed E-state index contributed by atoms with van der Waals surface area (Å²) in [5.41, 5.74) is 3.12. The maximum atomic E-state index is 12.2. The molecule has 3 rings (SSSR count). The van der Waals surface area contributed by atoms with Crippen LogP contribution in [-0.2, 0) is 4.79 Å². The SMILES string of the molecule is Cc1cccc(C(=O)NC(C)C(=O)Nc2nc3ccccc3[nH]2)c1. The summed E-state index contributed by atoms with van der Waals surface area (Å²) in [6.45, 7) is 3.54. The van der Waals surface area contributed by atoms with Gasteiger partial charge in [-0.25, -0.2) is 4.98 Å². The number of aryl methyl sites for hydroxylation is 1. The van der Waals surface area contributed by atoms with Crippen LogP contribution in [0.3, 0.4) is 0 Å². The van der Waals surface area contributed by atoms with Gasteiger partial charge in [0.1, 0.15) is 6.04 Å². The summed E-state index contributed by atoms with van der Waals surface area (Å²) in [5, 5.41) is 5.36. The number of nitrogens with zero attached hydrogens (tertiary/aromatic N) is 1. The Bertz CT molecular complexity index is 868. The lowest BCUT2D eigenvalue weighted by molar-refractivity contribution is -0.117. The molecule has 1 atom stereocenters. The van der Waals surface area contributed by atoms with Gasteiger partial charge in [0.15, 0.2) is 0 Å². The van der Waals surface area contributed by atoms with E-state index in [4.69, 9.17) is 0 Å². The van der Waals surface area contributed by atoms with Crippen molar-refractivity contribution in [3.63, 3.8) is 0 Å². The second kappa shape index (κ2) is 6.54. The number of carbonyl (C=O) groups is 2. The Morgan fingerprint density at radius 1 is 1.12 bits per heavy atom. The van der Waals surface area contributed by atoms with Gasteiger partial charge in [-0.05, 0) is 38.1 Å². The van der Waals surface area contributed by atoms with Crippen molar-refractivity contribution in [3.05, 3.63) is 59.7 Å². The number of H-pyrrole nitrogens is 1. The molecule has 0 saturated heterocycles. The van der Waals surface area contributed by atoms with E-state index < -0.39 is 6.04 Å². The maximum absolute atomic E-state index is 12.2. The van der Waals surface area contributed by atoms with E-state index in [2.05, 4.69) is 20.6 Å². The molecule has 1 heterocycles. The lowest BCUT2D eigenvalue weighted by atomic mass is 10.1. The van der Waals surface area contributed by atoms with Crippen LogP contribution in [-0.4, -0.2) is 27.8 Å². The van der Waals surface area contributed by atoms with Gasteiger partial charge in [-0.2, -0.15) is 0 Å². The van der Waals surface area contributed by atoms with Crippen LogP contribution in [0.2, 0.25) is 0 Å². The van der Waals surface area contributed by atoms with Crippen molar-refractivity contribution in [2.24, 2.45) is 0 Å². The van der Waals surface area contributed by atoms with Crippen LogP contribution in [0.5, 0.6) is 0 Å². The third-order valence-electron chi connectivity index (χ3n) is 3.65. The molecule has 1 aromatic heterocycles. The van der Waals surface area contributed by atoms with Crippen LogP contribution in [0.15, 0.2) is 48.5 Å². The highest BCUT2D eigenvalue weighted by atomic mass is 16.2. The summed E-state index contributed by atoms with van der Waals surface area (Å²) >= 11 is 0. The Hall–Kier alpha value is -3.15. The average Bonchev–Trinajstić information content (AvgIpc) is 2.96. The predicted octanol–water partition coefficient (Wildman–Crippen LogP) is 2.63. The highest BCUT2D eigenvalue weighted by Crippen LogP contribution is 2.13. The molecule has 0 aliphatic rings. The molecule has 3 N–H and O–H groups in total. The zero-order chi connectivity index (χ0) is 17.1. The van der Waals surface area contributed by atoms with Gasteiger partial charge in [0.25, 0.3) is 5.91 Å². The van der Waals surface area contributed by atoms with Crippen LogP contribution < -0.4 is 10.6 Å². The molecule has 2 aromatic carbocycles. The molecule has 0 fully saturated rings. The Kier molecular flexibility index (Phi) is 4.29. The summed E-state index contributed by atoms with van der Waals surface area (Å²) in [6, 6.07) is 14.0. The van der Waals surface area contributed by atoms with Gasteiger partial charge in [0.2, 0.25) is 11.9 Å². The normalized spacial score (nSPS) is 11.9. The smallest absolute Gasteiger partial charge is 0.251 e. The highest BCUT2D eigenvalue weighted by Gasteiger charge is 2.18. The molecular formula is C18H18N4O2. The van der Waals surface area contributed by atoms with Crippen LogP contribution in [0.1, 0.15) is 22.8 Å². The van der Waals surface area contributed by atoms with Crippen LogP contribution in [0.4, 0.5) is 5.95 Å². The number of rotatable bonds is 4. The van der Waals surface area contributed by atoms with Crippen molar-refractivity contribution < 1.29 is 9.59 Å². The third kappa shape index (κ3) is 3.43. The van der Waals surface area contributed by atoms with Crippen molar-refractivity contribution in [1.29, 1.82) is 0 Å². The fourth-order valence-electron chi connectivity index (χ4n) is 2.37. The fraction of sp³-hybridized carbons (Fsp3) is 0.167. The number of amides is 2. The fourth-order valence-corrected chi connectivity index (χ4v) is 2.37. The van der Waals surface area contributed by atoms with Gasteiger partial charge < -0.3 is 10.3 Å². The zero-order valence-corrected chi connectivity index (χ0v) is 13.5. The predicted molar refractivity (Wildman–Crippen MR) is 92.8 cm³/mol. The van der Waals surface area contributed by atoms with E-state index in [0.717, 1.165) is 16.6 Å². The lowest BCUT2D eigenvalue weighted by Gasteiger charge is -2.13. The number of fused-ring (bicyclic) bond motifs is 1. The molecule has 2 amide bonds. The van der Waals surface area contributed by atoms with Gasteiger partial charge in [0.05, 0.1) is 11.0 Å². The first-order chi connectivity index (χ1) is 11.5. The minimum absolute atomic E-state index is 0.286. The summed E-state index contributed by atoms with van der Waals surface area (Å²) in [4.78, 5) is 31.7. The molecule has 0 saturated carbocycles. The number of carbonyl (C=O) groups excluding carboxylic acids is 2. The second-order valence-corrected chi connectivity index (χ2v) is 5.66. The Morgan fingerprint density at radius 3 is 2.67 bits per heavy atom. The minimum Gasteiger partial charge on any atom is -0.341 e. The summed E-state index contributed by atoms with van der Waals surface area (Å²) in [7, 11) is 0. The largest absolute Gasteiger partial charge is 0.341 e. The standard InChI is InChI=1S/C18H18N4O2/c1-11-6-5-7-13(10-11)17(24)19-12(2)16(23)22-18-20-14-8-3-4-9-15(14)21-18/h3-10,12H,1-2H3,(H,19,24)(H2,20,21,22,23). The Balaban J connectivity index is 1.65. The van der Waals surface area contributed by atoms with E-state index in [1.54, 1.807) is 19.1 Å². The number of aromatic nitrogens is 2. The molecule has 6 heteroatoms. The molecule has 0 bridgehead atoms. The average molecular weight is 322 g/mol. The monoisotopic (exact) mass is 322 g/mol. The van der Waals surface area contributed by atoms with Crippen molar-refractivity contribution in [2.75, 3.05) is 5.32 Å². The third-order valence-corrected chi connectivity index (χ3v) is 3.65. The number of para-hydroxylation sites is 2. The van der Waals surface area contributed by atoms with Gasteiger partial charge in [-0.1, -0.05) is 29.8 Å². The van der Waals surface area contributed by atoms with Crippen molar-refractivity contribution >= 4 is 28.8 Å². The molecule has 0 aliphatic carbocycles. The van der Waals surface area contributed by atoms with E-state index >= 15 is 0 Å². The van der Waals surface area contributed by atoms with E-state index in [1.165, 1.54) is 0 Å². The molecule has 0 aliphatic heterocycles. The van der Waals surface area contributed by atoms with E-state index in [0.29, 0.717) is 11.5 Å². The van der Waals surface area contributed by atoms with Crippen LogP contribution in [0.25, 0.3) is 11.0 Å². The first-order valence-electron chi connectivity index (χ1n) is 7.66. The highest BCUT2D eigenvalue weighted by molar-refractivity contribution is 6.00. The minimum atomic E-state index is -0.689. The first-order valence-corrected chi connectivity index (χ1v) is 7.66. The van der Waals surface area contributed by atoms with Crippen molar-refractivity contribution in [1.82, 2.24) is 15.3 Å². The first kappa shape index (κ1) is 15.7. The molecule has 0 spiro atoms. The lowest BCUT2D eigenvalue weighted by Crippen LogP contribution is -2.41. The van der Waals surface area contributed by atoms with Crippen molar-refractivity contribution in [3.8, 4) is 0 Å². The molecule has 122 valence electrons.